The number of fused-ring (bicyclic) bond motifs is 2. The van der Waals surface area contributed by atoms with E-state index in [2.05, 4.69) is 37.9 Å². The molecule has 0 radical (unpaired) electrons. The molecule has 27 heavy (non-hydrogen) atoms. The van der Waals surface area contributed by atoms with Crippen molar-refractivity contribution in [2.75, 3.05) is 5.32 Å². The fourth-order valence-electron chi connectivity index (χ4n) is 3.38. The van der Waals surface area contributed by atoms with Crippen LogP contribution in [0, 0.1) is 13.8 Å². The zero-order valence-corrected chi connectivity index (χ0v) is 15.0. The van der Waals surface area contributed by atoms with Gasteiger partial charge in [-0.1, -0.05) is 17.3 Å². The average molecular weight is 358 g/mol. The number of para-hydroxylation sites is 1. The highest BCUT2D eigenvalue weighted by Crippen LogP contribution is 2.27. The first-order valence-corrected chi connectivity index (χ1v) is 8.77. The lowest BCUT2D eigenvalue weighted by Crippen LogP contribution is -2.02. The monoisotopic (exact) mass is 358 g/mol. The molecular formula is C20H18N6O. The van der Waals surface area contributed by atoms with Crippen LogP contribution < -0.4 is 5.32 Å². The van der Waals surface area contributed by atoms with Crippen LogP contribution in [0.25, 0.3) is 21.8 Å². The second-order valence-corrected chi connectivity index (χ2v) is 6.65. The van der Waals surface area contributed by atoms with Gasteiger partial charge < -0.3 is 9.84 Å². The number of hydrogen-bond donors (Lipinski definition) is 2. The summed E-state index contributed by atoms with van der Waals surface area (Å²) in [5, 5.41) is 21.7. The first kappa shape index (κ1) is 15.6. The molecule has 0 spiro atoms. The molecule has 0 unspecified atom stereocenters. The van der Waals surface area contributed by atoms with Crippen molar-refractivity contribution in [2.24, 2.45) is 0 Å². The SMILES string of the molecule is Cc1cc(Cn2nc(C)c3cc(Nc4n[nH]c5ccccc45)ccc32)no1. The van der Waals surface area contributed by atoms with Crippen molar-refractivity contribution in [2.45, 2.75) is 20.4 Å². The molecule has 0 aliphatic heterocycles. The van der Waals surface area contributed by atoms with E-state index in [1.54, 1.807) is 0 Å². The smallest absolute Gasteiger partial charge is 0.160 e. The summed E-state index contributed by atoms with van der Waals surface area (Å²) >= 11 is 0. The Kier molecular flexibility index (Phi) is 3.46. The highest BCUT2D eigenvalue weighted by Gasteiger charge is 2.12. The van der Waals surface area contributed by atoms with Crippen LogP contribution in [0.3, 0.4) is 0 Å². The summed E-state index contributed by atoms with van der Waals surface area (Å²) in [7, 11) is 0. The third kappa shape index (κ3) is 2.73. The minimum absolute atomic E-state index is 0.582. The Morgan fingerprint density at radius 3 is 2.81 bits per heavy atom. The minimum Gasteiger partial charge on any atom is -0.361 e. The number of aromatic nitrogens is 5. The summed E-state index contributed by atoms with van der Waals surface area (Å²) in [6, 6.07) is 16.2. The van der Waals surface area contributed by atoms with Crippen molar-refractivity contribution in [3.05, 3.63) is 65.7 Å². The maximum absolute atomic E-state index is 5.16. The van der Waals surface area contributed by atoms with Crippen molar-refractivity contribution < 1.29 is 4.52 Å². The number of nitrogens with zero attached hydrogens (tertiary/aromatic N) is 4. The Hall–Kier alpha value is -3.61. The minimum atomic E-state index is 0.582. The summed E-state index contributed by atoms with van der Waals surface area (Å²) in [6.07, 6.45) is 0. The van der Waals surface area contributed by atoms with Crippen LogP contribution in [0.5, 0.6) is 0 Å². The molecule has 0 saturated heterocycles. The number of H-pyrrole nitrogens is 1. The van der Waals surface area contributed by atoms with E-state index in [0.29, 0.717) is 6.54 Å². The van der Waals surface area contributed by atoms with E-state index in [1.165, 1.54) is 0 Å². The number of nitrogens with one attached hydrogen (secondary N) is 2. The van der Waals surface area contributed by atoms with Crippen molar-refractivity contribution in [1.82, 2.24) is 25.1 Å². The Morgan fingerprint density at radius 1 is 1.07 bits per heavy atom. The molecule has 2 aromatic carbocycles. The Labute approximate surface area is 155 Å². The van der Waals surface area contributed by atoms with Crippen LogP contribution in [-0.4, -0.2) is 25.1 Å². The Balaban J connectivity index is 1.49. The quantitative estimate of drug-likeness (QED) is 0.500. The molecule has 0 aliphatic carbocycles. The van der Waals surface area contributed by atoms with Crippen LogP contribution in [0.4, 0.5) is 11.5 Å². The molecule has 0 amide bonds. The molecule has 7 heteroatoms. The molecule has 3 aromatic heterocycles. The van der Waals surface area contributed by atoms with Gasteiger partial charge in [-0.3, -0.25) is 9.78 Å². The predicted octanol–water partition coefficient (Wildman–Crippen LogP) is 4.31. The largest absolute Gasteiger partial charge is 0.361 e. The summed E-state index contributed by atoms with van der Waals surface area (Å²) in [5.41, 5.74) is 4.88. The highest BCUT2D eigenvalue weighted by molar-refractivity contribution is 5.93. The topological polar surface area (TPSA) is 84.6 Å². The fourth-order valence-corrected chi connectivity index (χ4v) is 3.38. The zero-order chi connectivity index (χ0) is 18.4. The summed E-state index contributed by atoms with van der Waals surface area (Å²) in [6.45, 7) is 4.48. The van der Waals surface area contributed by atoms with Gasteiger partial charge in [-0.2, -0.15) is 10.2 Å². The average Bonchev–Trinajstić information content (AvgIpc) is 3.35. The van der Waals surface area contributed by atoms with Crippen LogP contribution >= 0.6 is 0 Å². The first-order valence-electron chi connectivity index (χ1n) is 8.77. The third-order valence-corrected chi connectivity index (χ3v) is 4.66. The van der Waals surface area contributed by atoms with E-state index < -0.39 is 0 Å². The van der Waals surface area contributed by atoms with Gasteiger partial charge in [-0.15, -0.1) is 0 Å². The van der Waals surface area contributed by atoms with Crippen LogP contribution in [-0.2, 0) is 6.54 Å². The van der Waals surface area contributed by atoms with E-state index in [-0.39, 0.29) is 0 Å². The van der Waals surface area contributed by atoms with Crippen LogP contribution in [0.1, 0.15) is 17.1 Å². The fraction of sp³-hybridized carbons (Fsp3) is 0.150. The van der Waals surface area contributed by atoms with Crippen molar-refractivity contribution in [1.29, 1.82) is 0 Å². The number of anilines is 2. The van der Waals surface area contributed by atoms with Gasteiger partial charge in [-0.25, -0.2) is 0 Å². The molecule has 5 rings (SSSR count). The van der Waals surface area contributed by atoms with Gasteiger partial charge in [0.15, 0.2) is 5.82 Å². The van der Waals surface area contributed by atoms with Gasteiger partial charge in [-0.05, 0) is 44.2 Å². The number of aromatic amines is 1. The van der Waals surface area contributed by atoms with Gasteiger partial charge in [0.2, 0.25) is 0 Å². The lowest BCUT2D eigenvalue weighted by Gasteiger charge is -2.05. The number of hydrogen-bond acceptors (Lipinski definition) is 5. The van der Waals surface area contributed by atoms with Gasteiger partial charge in [0, 0.05) is 22.5 Å². The van der Waals surface area contributed by atoms with Crippen LogP contribution in [0.2, 0.25) is 0 Å². The zero-order valence-electron chi connectivity index (χ0n) is 15.0. The maximum atomic E-state index is 5.16. The Bertz CT molecular complexity index is 1260. The summed E-state index contributed by atoms with van der Waals surface area (Å²) < 4.78 is 7.11. The molecule has 3 heterocycles. The van der Waals surface area contributed by atoms with Crippen molar-refractivity contribution in [3.8, 4) is 0 Å². The van der Waals surface area contributed by atoms with Gasteiger partial charge >= 0.3 is 0 Å². The van der Waals surface area contributed by atoms with E-state index in [1.807, 2.05) is 54.9 Å². The second-order valence-electron chi connectivity index (χ2n) is 6.65. The molecule has 0 aliphatic rings. The predicted molar refractivity (Wildman–Crippen MR) is 104 cm³/mol. The number of rotatable bonds is 4. The van der Waals surface area contributed by atoms with Crippen molar-refractivity contribution in [3.63, 3.8) is 0 Å². The maximum Gasteiger partial charge on any atom is 0.160 e. The highest BCUT2D eigenvalue weighted by atomic mass is 16.5. The Morgan fingerprint density at radius 2 is 1.96 bits per heavy atom. The van der Waals surface area contributed by atoms with Crippen LogP contribution in [0.15, 0.2) is 53.1 Å². The molecule has 0 atom stereocenters. The molecule has 134 valence electrons. The summed E-state index contributed by atoms with van der Waals surface area (Å²) in [5.74, 6) is 1.61. The van der Waals surface area contributed by atoms with Gasteiger partial charge in [0.1, 0.15) is 11.5 Å². The summed E-state index contributed by atoms with van der Waals surface area (Å²) in [4.78, 5) is 0. The molecular weight excluding hydrogens is 340 g/mol. The molecule has 0 saturated carbocycles. The number of aryl methyl sites for hydroxylation is 2. The lowest BCUT2D eigenvalue weighted by molar-refractivity contribution is 0.388. The number of benzene rings is 2. The van der Waals surface area contributed by atoms with Gasteiger partial charge in [0.05, 0.1) is 23.3 Å². The molecule has 0 bridgehead atoms. The third-order valence-electron chi connectivity index (χ3n) is 4.66. The lowest BCUT2D eigenvalue weighted by atomic mass is 10.2. The molecule has 2 N–H and O–H groups in total. The standard InChI is InChI=1S/C20H18N6O/c1-12-9-15(25-27-12)11-26-19-8-7-14(10-17(19)13(2)24-26)21-20-16-5-3-4-6-18(16)22-23-20/h3-10H,11H2,1-2H3,(H2,21,22,23). The molecule has 5 aromatic rings. The molecule has 0 fully saturated rings. The van der Waals surface area contributed by atoms with Gasteiger partial charge in [0.25, 0.3) is 0 Å². The van der Waals surface area contributed by atoms with E-state index in [0.717, 1.165) is 50.5 Å². The van der Waals surface area contributed by atoms with E-state index >= 15 is 0 Å². The normalized spacial score (nSPS) is 11.5. The van der Waals surface area contributed by atoms with Crippen molar-refractivity contribution >= 4 is 33.3 Å². The van der Waals surface area contributed by atoms with E-state index in [9.17, 15) is 0 Å². The van der Waals surface area contributed by atoms with E-state index in [4.69, 9.17) is 4.52 Å². The second kappa shape index (κ2) is 5.98. The molecule has 7 nitrogen and oxygen atoms in total. The first-order chi connectivity index (χ1) is 13.2.